The lowest BCUT2D eigenvalue weighted by molar-refractivity contribution is -0.131. The molecule has 73 heavy (non-hydrogen) atoms. The first-order valence-corrected chi connectivity index (χ1v) is 34.0. The molecule has 4 N–H and O–H groups in total. The van der Waals surface area contributed by atoms with Gasteiger partial charge in [0.25, 0.3) is 0 Å². The van der Waals surface area contributed by atoms with Gasteiger partial charge in [-0.1, -0.05) is 386 Å². The monoisotopic (exact) mass is 1030 g/mol. The van der Waals surface area contributed by atoms with Gasteiger partial charge in [0.1, 0.15) is 6.10 Å². The number of aliphatic hydroxyl groups excluding tert-OH is 3. The van der Waals surface area contributed by atoms with Crippen molar-refractivity contribution in [3.05, 3.63) is 12.2 Å². The quantitative estimate of drug-likeness (QED) is 0.0361. The van der Waals surface area contributed by atoms with Gasteiger partial charge in [0, 0.05) is 0 Å². The van der Waals surface area contributed by atoms with Gasteiger partial charge in [0.2, 0.25) is 5.91 Å². The number of rotatable bonds is 64. The molecule has 0 aromatic carbocycles. The van der Waals surface area contributed by atoms with Crippen molar-refractivity contribution in [3.8, 4) is 0 Å². The first kappa shape index (κ1) is 72.1. The molecule has 0 bridgehead atoms. The van der Waals surface area contributed by atoms with E-state index in [1.54, 1.807) is 6.08 Å². The topological polar surface area (TPSA) is 89.8 Å². The summed E-state index contributed by atoms with van der Waals surface area (Å²) < 4.78 is 0. The number of nitrogens with one attached hydrogen (secondary N) is 1. The molecule has 0 aliphatic carbocycles. The Hall–Kier alpha value is -0.910. The lowest BCUT2D eigenvalue weighted by Gasteiger charge is -2.21. The number of aliphatic hydroxyl groups is 3. The minimum Gasteiger partial charge on any atom is -0.394 e. The summed E-state index contributed by atoms with van der Waals surface area (Å²) in [6.45, 7) is 4.24. The fourth-order valence-electron chi connectivity index (χ4n) is 11.1. The molecule has 0 saturated carbocycles. The number of carbonyl (C=O) groups is 1. The maximum absolute atomic E-state index is 12.6. The van der Waals surface area contributed by atoms with Crippen LogP contribution < -0.4 is 5.32 Å². The predicted octanol–water partition coefficient (Wildman–Crippen LogP) is 21.8. The summed E-state index contributed by atoms with van der Waals surface area (Å²) in [7, 11) is 0. The highest BCUT2D eigenvalue weighted by Crippen LogP contribution is 2.20. The Bertz CT molecular complexity index is 1050. The van der Waals surface area contributed by atoms with Gasteiger partial charge in [0.15, 0.2) is 0 Å². The zero-order chi connectivity index (χ0) is 52.9. The highest BCUT2D eigenvalue weighted by Gasteiger charge is 2.22. The van der Waals surface area contributed by atoms with E-state index in [1.165, 1.54) is 340 Å². The van der Waals surface area contributed by atoms with E-state index < -0.39 is 24.2 Å². The van der Waals surface area contributed by atoms with Crippen molar-refractivity contribution >= 4 is 5.91 Å². The third kappa shape index (κ3) is 58.6. The predicted molar refractivity (Wildman–Crippen MR) is 324 cm³/mol. The summed E-state index contributed by atoms with van der Waals surface area (Å²) >= 11 is 0. The number of allylic oxidation sites excluding steroid dienone is 1. The molecule has 3 unspecified atom stereocenters. The third-order valence-electron chi connectivity index (χ3n) is 16.4. The van der Waals surface area contributed by atoms with E-state index in [2.05, 4.69) is 19.2 Å². The maximum Gasteiger partial charge on any atom is 0.249 e. The van der Waals surface area contributed by atoms with E-state index in [1.807, 2.05) is 6.08 Å². The van der Waals surface area contributed by atoms with Crippen LogP contribution in [0.25, 0.3) is 0 Å². The van der Waals surface area contributed by atoms with E-state index in [0.29, 0.717) is 6.42 Å². The molecule has 0 aromatic rings. The van der Waals surface area contributed by atoms with E-state index in [4.69, 9.17) is 0 Å². The molecule has 0 saturated heterocycles. The van der Waals surface area contributed by atoms with Gasteiger partial charge in [-0.3, -0.25) is 4.79 Å². The first-order chi connectivity index (χ1) is 36.1. The van der Waals surface area contributed by atoms with Gasteiger partial charge in [-0.25, -0.2) is 0 Å². The Morgan fingerprint density at radius 1 is 0.329 bits per heavy atom. The molecule has 0 fully saturated rings. The lowest BCUT2D eigenvalue weighted by Crippen LogP contribution is -2.48. The van der Waals surface area contributed by atoms with E-state index in [0.717, 1.165) is 32.1 Å². The van der Waals surface area contributed by atoms with Crippen LogP contribution in [0.15, 0.2) is 12.2 Å². The summed E-state index contributed by atoms with van der Waals surface area (Å²) in [6.07, 6.45) is 82.1. The Morgan fingerprint density at radius 2 is 0.534 bits per heavy atom. The minimum absolute atomic E-state index is 0.358. The molecule has 5 heteroatoms. The Kier molecular flexibility index (Phi) is 62.8. The molecule has 0 heterocycles. The second kappa shape index (κ2) is 63.6. The van der Waals surface area contributed by atoms with Crippen LogP contribution in [-0.4, -0.2) is 46.1 Å². The van der Waals surface area contributed by atoms with E-state index in [9.17, 15) is 20.1 Å². The van der Waals surface area contributed by atoms with Crippen LogP contribution in [0.4, 0.5) is 0 Å². The highest BCUT2D eigenvalue weighted by atomic mass is 16.3. The summed E-state index contributed by atoms with van der Waals surface area (Å²) in [4.78, 5) is 12.6. The number of hydrogen-bond acceptors (Lipinski definition) is 4. The standard InChI is InChI=1S/C68H135NO4/c1-3-5-7-9-11-13-15-17-19-21-23-25-26-27-28-29-30-31-32-33-34-35-36-37-38-39-40-41-43-45-47-49-51-53-55-57-59-61-63-67(72)68(73)69-65(64-70)66(71)62-60-58-56-54-52-50-48-46-44-42-24-22-20-18-16-14-12-10-8-6-4-2/h60,62,65-67,70-72H,3-59,61,63-64H2,1-2H3,(H,69,73)/b62-60+. The van der Waals surface area contributed by atoms with Gasteiger partial charge < -0.3 is 20.6 Å². The average Bonchev–Trinajstić information content (AvgIpc) is 3.40. The van der Waals surface area contributed by atoms with Gasteiger partial charge in [0.05, 0.1) is 18.8 Å². The second-order valence-electron chi connectivity index (χ2n) is 23.8. The third-order valence-corrected chi connectivity index (χ3v) is 16.4. The molecular formula is C68H135NO4. The zero-order valence-corrected chi connectivity index (χ0v) is 50.1. The van der Waals surface area contributed by atoms with Crippen molar-refractivity contribution in [1.29, 1.82) is 0 Å². The minimum atomic E-state index is -1.09. The van der Waals surface area contributed by atoms with Crippen molar-refractivity contribution in [3.63, 3.8) is 0 Å². The highest BCUT2D eigenvalue weighted by molar-refractivity contribution is 5.80. The van der Waals surface area contributed by atoms with Crippen molar-refractivity contribution in [2.45, 2.75) is 411 Å². The lowest BCUT2D eigenvalue weighted by atomic mass is 10.0. The van der Waals surface area contributed by atoms with Crippen molar-refractivity contribution in [2.24, 2.45) is 0 Å². The first-order valence-electron chi connectivity index (χ1n) is 34.0. The smallest absolute Gasteiger partial charge is 0.249 e. The van der Waals surface area contributed by atoms with Crippen molar-refractivity contribution in [2.75, 3.05) is 6.61 Å². The largest absolute Gasteiger partial charge is 0.394 e. The zero-order valence-electron chi connectivity index (χ0n) is 50.1. The summed E-state index contributed by atoms with van der Waals surface area (Å²) in [5.41, 5.74) is 0. The van der Waals surface area contributed by atoms with Crippen LogP contribution in [0.1, 0.15) is 393 Å². The average molecular weight is 1030 g/mol. The molecule has 0 aromatic heterocycles. The van der Waals surface area contributed by atoms with Crippen LogP contribution in [0.5, 0.6) is 0 Å². The fraction of sp³-hybridized carbons (Fsp3) is 0.956. The van der Waals surface area contributed by atoms with E-state index in [-0.39, 0.29) is 6.61 Å². The Labute approximate surface area is 459 Å². The molecule has 0 rings (SSSR count). The SMILES string of the molecule is CCCCCCCCCCCCCCCCCCCCC/C=C/C(O)C(CO)NC(=O)C(O)CCCCCCCCCCCCCCCCCCCCCCCCCCCCCCCCCCCCCCCC. The van der Waals surface area contributed by atoms with Gasteiger partial charge in [-0.2, -0.15) is 0 Å². The fourth-order valence-corrected chi connectivity index (χ4v) is 11.1. The molecule has 1 amide bonds. The molecule has 436 valence electrons. The van der Waals surface area contributed by atoms with Gasteiger partial charge in [-0.15, -0.1) is 0 Å². The van der Waals surface area contributed by atoms with Crippen LogP contribution in [0, 0.1) is 0 Å². The number of hydrogen-bond donors (Lipinski definition) is 4. The van der Waals surface area contributed by atoms with Crippen molar-refractivity contribution < 1.29 is 20.1 Å². The molecule has 5 nitrogen and oxygen atoms in total. The summed E-state index contributed by atoms with van der Waals surface area (Å²) in [5.74, 6) is -0.494. The molecule has 0 spiro atoms. The molecule has 0 aliphatic rings. The normalized spacial score (nSPS) is 13.1. The molecule has 3 atom stereocenters. The summed E-state index contributed by atoms with van der Waals surface area (Å²) in [6, 6.07) is -0.795. The number of carbonyl (C=O) groups excluding carboxylic acids is 1. The Morgan fingerprint density at radius 3 is 0.753 bits per heavy atom. The Balaban J connectivity index is 3.43. The number of unbranched alkanes of at least 4 members (excludes halogenated alkanes) is 56. The van der Waals surface area contributed by atoms with Crippen molar-refractivity contribution in [1.82, 2.24) is 5.32 Å². The molecule has 0 aliphatic heterocycles. The van der Waals surface area contributed by atoms with E-state index >= 15 is 0 Å². The second-order valence-corrected chi connectivity index (χ2v) is 23.8. The van der Waals surface area contributed by atoms with Crippen LogP contribution in [-0.2, 0) is 4.79 Å². The molecule has 0 radical (unpaired) electrons. The summed E-state index contributed by atoms with van der Waals surface area (Å²) in [5, 5.41) is 33.5. The van der Waals surface area contributed by atoms with Crippen LogP contribution >= 0.6 is 0 Å². The van der Waals surface area contributed by atoms with Crippen LogP contribution in [0.2, 0.25) is 0 Å². The van der Waals surface area contributed by atoms with Gasteiger partial charge in [-0.05, 0) is 19.3 Å². The number of amides is 1. The molecular weight excluding hydrogens is 895 g/mol. The van der Waals surface area contributed by atoms with Crippen LogP contribution in [0.3, 0.4) is 0 Å². The maximum atomic E-state index is 12.6. The van der Waals surface area contributed by atoms with Gasteiger partial charge >= 0.3 is 0 Å².